The Morgan fingerprint density at radius 1 is 1.35 bits per heavy atom. The lowest BCUT2D eigenvalue weighted by Crippen LogP contribution is -2.01. The number of rotatable bonds is 6. The maximum atomic E-state index is 4.50. The fourth-order valence-corrected chi connectivity index (χ4v) is 3.80. The van der Waals surface area contributed by atoms with Crippen molar-refractivity contribution in [2.75, 3.05) is 0 Å². The summed E-state index contributed by atoms with van der Waals surface area (Å²) in [6.45, 7) is 8.50. The predicted octanol–water partition coefficient (Wildman–Crippen LogP) is 4.00. The summed E-state index contributed by atoms with van der Waals surface area (Å²) in [6, 6.07) is 6.07. The number of nitrogens with zero attached hydrogens (tertiary/aromatic N) is 5. The molecule has 0 spiro atoms. The molecular weight excluding hydrogens is 326 g/mol. The van der Waals surface area contributed by atoms with Gasteiger partial charge < -0.3 is 0 Å². The monoisotopic (exact) mass is 343 g/mol. The van der Waals surface area contributed by atoms with Crippen LogP contribution in [-0.4, -0.2) is 24.7 Å². The summed E-state index contributed by atoms with van der Waals surface area (Å²) in [5.41, 5.74) is 1.04. The van der Waals surface area contributed by atoms with Crippen LogP contribution in [0.5, 0.6) is 0 Å². The number of aryl methyl sites for hydroxylation is 2. The first-order chi connectivity index (χ1) is 11.2. The molecule has 118 valence electrons. The van der Waals surface area contributed by atoms with Crippen molar-refractivity contribution in [1.29, 1.82) is 0 Å². The van der Waals surface area contributed by atoms with Crippen molar-refractivity contribution in [3.05, 3.63) is 47.8 Å². The van der Waals surface area contributed by atoms with Crippen molar-refractivity contribution in [3.63, 3.8) is 0 Å². The molecule has 0 aromatic carbocycles. The summed E-state index contributed by atoms with van der Waals surface area (Å²) in [6.07, 6.45) is 2.74. The molecule has 3 heterocycles. The van der Waals surface area contributed by atoms with Crippen molar-refractivity contribution in [1.82, 2.24) is 24.7 Å². The molecule has 23 heavy (non-hydrogen) atoms. The summed E-state index contributed by atoms with van der Waals surface area (Å²) in [7, 11) is 0. The van der Waals surface area contributed by atoms with E-state index in [-0.39, 0.29) is 0 Å². The van der Waals surface area contributed by atoms with E-state index in [1.165, 1.54) is 11.8 Å². The summed E-state index contributed by atoms with van der Waals surface area (Å²) in [5.74, 6) is 1.64. The van der Waals surface area contributed by atoms with Crippen LogP contribution >= 0.6 is 23.1 Å². The minimum absolute atomic E-state index is 0.660. The Balaban J connectivity index is 1.97. The first-order valence-electron chi connectivity index (χ1n) is 7.31. The molecule has 0 saturated carbocycles. The van der Waals surface area contributed by atoms with E-state index in [0.717, 1.165) is 38.8 Å². The van der Waals surface area contributed by atoms with Crippen molar-refractivity contribution in [3.8, 4) is 10.7 Å². The molecule has 0 amide bonds. The topological polar surface area (TPSA) is 56.5 Å². The zero-order chi connectivity index (χ0) is 16.2. The first kappa shape index (κ1) is 15.9. The van der Waals surface area contributed by atoms with Gasteiger partial charge in [0.15, 0.2) is 11.0 Å². The molecule has 3 aromatic heterocycles. The molecule has 0 unspecified atom stereocenters. The van der Waals surface area contributed by atoms with E-state index in [0.29, 0.717) is 6.54 Å². The van der Waals surface area contributed by atoms with Crippen LogP contribution < -0.4 is 0 Å². The van der Waals surface area contributed by atoms with Crippen LogP contribution in [0, 0.1) is 6.92 Å². The Bertz CT molecular complexity index is 808. The molecule has 7 heteroatoms. The average Bonchev–Trinajstić information content (AvgIpc) is 3.17. The lowest BCUT2D eigenvalue weighted by Gasteiger charge is -2.07. The molecule has 0 atom stereocenters. The number of thiophene rings is 1. The maximum absolute atomic E-state index is 4.50. The molecule has 0 N–H and O–H groups in total. The van der Waals surface area contributed by atoms with Crippen molar-refractivity contribution in [2.45, 2.75) is 37.0 Å². The van der Waals surface area contributed by atoms with E-state index in [9.17, 15) is 0 Å². The second-order valence-electron chi connectivity index (χ2n) is 4.88. The zero-order valence-corrected chi connectivity index (χ0v) is 14.7. The number of allylic oxidation sites excluding steroid dienone is 1. The highest BCUT2D eigenvalue weighted by atomic mass is 32.2. The van der Waals surface area contributed by atoms with E-state index in [1.54, 1.807) is 11.3 Å². The van der Waals surface area contributed by atoms with Crippen LogP contribution in [-0.2, 0) is 13.0 Å². The Morgan fingerprint density at radius 3 is 2.91 bits per heavy atom. The lowest BCUT2D eigenvalue weighted by molar-refractivity contribution is 0.730. The highest BCUT2D eigenvalue weighted by molar-refractivity contribution is 7.99. The summed E-state index contributed by atoms with van der Waals surface area (Å²) in [4.78, 5) is 10.0. The molecule has 5 nitrogen and oxygen atoms in total. The number of hydrogen-bond donors (Lipinski definition) is 0. The number of aromatic nitrogens is 5. The van der Waals surface area contributed by atoms with Crippen LogP contribution in [0.2, 0.25) is 0 Å². The first-order valence-corrected chi connectivity index (χ1v) is 9.01. The second-order valence-corrected chi connectivity index (χ2v) is 6.82. The normalized spacial score (nSPS) is 10.9. The number of hydrogen-bond acceptors (Lipinski definition) is 6. The van der Waals surface area contributed by atoms with Gasteiger partial charge in [0.2, 0.25) is 0 Å². The maximum Gasteiger partial charge on any atom is 0.198 e. The molecule has 0 saturated heterocycles. The quantitative estimate of drug-likeness (QED) is 0.500. The molecule has 0 aliphatic rings. The largest absolute Gasteiger partial charge is 0.297 e. The van der Waals surface area contributed by atoms with E-state index in [4.69, 9.17) is 0 Å². The lowest BCUT2D eigenvalue weighted by atomic mass is 10.3. The standard InChI is InChI=1S/C16H17N5S2/c1-4-8-21-15(13-7-6-9-22-13)19-20-16(21)23-14-10-12(5-2)17-11(3)18-14/h4,6-7,9-10H,1,5,8H2,2-3H3. The van der Waals surface area contributed by atoms with Gasteiger partial charge in [-0.25, -0.2) is 9.97 Å². The highest BCUT2D eigenvalue weighted by Gasteiger charge is 2.16. The van der Waals surface area contributed by atoms with Gasteiger partial charge in [-0.3, -0.25) is 4.57 Å². The van der Waals surface area contributed by atoms with Crippen LogP contribution in [0.15, 0.2) is 46.4 Å². The highest BCUT2D eigenvalue weighted by Crippen LogP contribution is 2.30. The Hall–Kier alpha value is -1.99. The van der Waals surface area contributed by atoms with Crippen LogP contribution in [0.4, 0.5) is 0 Å². The van der Waals surface area contributed by atoms with Gasteiger partial charge in [-0.15, -0.1) is 28.1 Å². The Morgan fingerprint density at radius 2 is 2.22 bits per heavy atom. The zero-order valence-electron chi connectivity index (χ0n) is 13.1. The molecule has 0 aliphatic heterocycles. The molecule has 3 aromatic rings. The van der Waals surface area contributed by atoms with E-state index < -0.39 is 0 Å². The smallest absolute Gasteiger partial charge is 0.198 e. The fourth-order valence-electron chi connectivity index (χ4n) is 2.17. The molecule has 3 rings (SSSR count). The van der Waals surface area contributed by atoms with Crippen molar-refractivity contribution >= 4 is 23.1 Å². The van der Waals surface area contributed by atoms with Crippen molar-refractivity contribution < 1.29 is 0 Å². The van der Waals surface area contributed by atoms with E-state index in [2.05, 4.69) is 38.2 Å². The molecule has 0 bridgehead atoms. The minimum atomic E-state index is 0.660. The van der Waals surface area contributed by atoms with E-state index in [1.807, 2.05) is 36.6 Å². The van der Waals surface area contributed by atoms with Crippen LogP contribution in [0.1, 0.15) is 18.4 Å². The van der Waals surface area contributed by atoms with Gasteiger partial charge in [-0.1, -0.05) is 19.1 Å². The van der Waals surface area contributed by atoms with Gasteiger partial charge >= 0.3 is 0 Å². The summed E-state index contributed by atoms with van der Waals surface area (Å²) < 4.78 is 2.06. The summed E-state index contributed by atoms with van der Waals surface area (Å²) >= 11 is 3.16. The van der Waals surface area contributed by atoms with E-state index >= 15 is 0 Å². The third kappa shape index (κ3) is 3.51. The molecular formula is C16H17N5S2. The summed E-state index contributed by atoms with van der Waals surface area (Å²) in [5, 5.41) is 12.4. The van der Waals surface area contributed by atoms with Crippen LogP contribution in [0.3, 0.4) is 0 Å². The third-order valence-corrected chi connectivity index (χ3v) is 4.96. The van der Waals surface area contributed by atoms with Crippen LogP contribution in [0.25, 0.3) is 10.7 Å². The van der Waals surface area contributed by atoms with Gasteiger partial charge in [0.25, 0.3) is 0 Å². The van der Waals surface area contributed by atoms with Gasteiger partial charge in [0, 0.05) is 12.2 Å². The Kier molecular flexibility index (Phi) is 4.88. The minimum Gasteiger partial charge on any atom is -0.297 e. The van der Waals surface area contributed by atoms with Gasteiger partial charge in [0.1, 0.15) is 10.9 Å². The Labute approximate surface area is 143 Å². The average molecular weight is 343 g/mol. The predicted molar refractivity (Wildman–Crippen MR) is 93.8 cm³/mol. The van der Waals surface area contributed by atoms with Crippen molar-refractivity contribution in [2.24, 2.45) is 0 Å². The third-order valence-electron chi connectivity index (χ3n) is 3.20. The molecule has 0 fully saturated rings. The van der Waals surface area contributed by atoms with Gasteiger partial charge in [0.05, 0.1) is 4.88 Å². The van der Waals surface area contributed by atoms with Gasteiger partial charge in [-0.2, -0.15) is 0 Å². The van der Waals surface area contributed by atoms with Gasteiger partial charge in [-0.05, 0) is 42.6 Å². The fraction of sp³-hybridized carbons (Fsp3) is 0.250. The second kappa shape index (κ2) is 7.06. The molecule has 0 aliphatic carbocycles. The molecule has 0 radical (unpaired) electrons. The SMILES string of the molecule is C=CCn1c(Sc2cc(CC)nc(C)n2)nnc1-c1cccs1.